The second kappa shape index (κ2) is 10.1. The maximum Gasteiger partial charge on any atom is 0.0667 e. The molecule has 3 rings (SSSR count). The minimum absolute atomic E-state index is 0.199. The van der Waals surface area contributed by atoms with Crippen molar-refractivity contribution in [3.63, 3.8) is 0 Å². The van der Waals surface area contributed by atoms with Gasteiger partial charge in [-0.3, -0.25) is 0 Å². The van der Waals surface area contributed by atoms with E-state index in [4.69, 9.17) is 4.74 Å². The average Bonchev–Trinajstić information content (AvgIpc) is 2.70. The smallest absolute Gasteiger partial charge is 0.0667 e. The van der Waals surface area contributed by atoms with Gasteiger partial charge in [0.25, 0.3) is 0 Å². The largest absolute Gasteiger partial charge is 0.383 e. The lowest BCUT2D eigenvalue weighted by Crippen LogP contribution is -2.28. The van der Waals surface area contributed by atoms with Gasteiger partial charge in [-0.05, 0) is 56.0 Å². The van der Waals surface area contributed by atoms with Crippen molar-refractivity contribution in [2.24, 2.45) is 0 Å². The third kappa shape index (κ3) is 6.37. The van der Waals surface area contributed by atoms with Gasteiger partial charge in [0.2, 0.25) is 0 Å². The van der Waals surface area contributed by atoms with Crippen molar-refractivity contribution in [2.75, 3.05) is 24.4 Å². The Labute approximate surface area is 175 Å². The van der Waals surface area contributed by atoms with Crippen LogP contribution in [0.2, 0.25) is 0 Å². The number of hydrogen-bond acceptors (Lipinski definition) is 3. The van der Waals surface area contributed by atoms with E-state index in [2.05, 4.69) is 98.1 Å². The normalized spacial score (nSPS) is 11.9. The maximum absolute atomic E-state index is 5.50. The summed E-state index contributed by atoms with van der Waals surface area (Å²) >= 11 is 0. The fourth-order valence-corrected chi connectivity index (χ4v) is 3.42. The Morgan fingerprint density at radius 3 is 1.93 bits per heavy atom. The first-order valence-electron chi connectivity index (χ1n) is 10.2. The number of aryl methyl sites for hydroxylation is 3. The summed E-state index contributed by atoms with van der Waals surface area (Å²) in [6.45, 7) is 7.81. The molecule has 0 radical (unpaired) electrons. The van der Waals surface area contributed by atoms with Crippen LogP contribution >= 0.6 is 0 Å². The lowest BCUT2D eigenvalue weighted by Gasteiger charge is -2.22. The fourth-order valence-electron chi connectivity index (χ4n) is 3.42. The number of rotatable bonds is 9. The third-order valence-corrected chi connectivity index (χ3v) is 5.11. The molecule has 0 aliphatic heterocycles. The molecule has 1 atom stereocenters. The quantitative estimate of drug-likeness (QED) is 0.479. The molecule has 152 valence electrons. The molecule has 3 aromatic rings. The van der Waals surface area contributed by atoms with Crippen molar-refractivity contribution < 1.29 is 4.74 Å². The lowest BCUT2D eigenvalue weighted by atomic mass is 10.0. The van der Waals surface area contributed by atoms with E-state index in [0.717, 1.165) is 24.3 Å². The molecule has 0 amide bonds. The van der Waals surface area contributed by atoms with Gasteiger partial charge in [0.15, 0.2) is 0 Å². The highest BCUT2D eigenvalue weighted by Crippen LogP contribution is 2.25. The minimum Gasteiger partial charge on any atom is -0.383 e. The second-order valence-electron chi connectivity index (χ2n) is 7.87. The van der Waals surface area contributed by atoms with Crippen molar-refractivity contribution in [2.45, 2.75) is 39.8 Å². The van der Waals surface area contributed by atoms with Crippen LogP contribution in [-0.4, -0.2) is 19.8 Å². The number of methoxy groups -OCH3 is 1. The molecule has 0 aliphatic carbocycles. The topological polar surface area (TPSA) is 33.3 Å². The number of benzene rings is 3. The molecule has 0 aliphatic rings. The van der Waals surface area contributed by atoms with Crippen molar-refractivity contribution in [1.82, 2.24) is 0 Å². The first-order chi connectivity index (χ1) is 14.0. The van der Waals surface area contributed by atoms with E-state index in [1.54, 1.807) is 7.11 Å². The van der Waals surface area contributed by atoms with Gasteiger partial charge in [0.05, 0.1) is 24.0 Å². The van der Waals surface area contributed by atoms with Gasteiger partial charge in [0, 0.05) is 13.7 Å². The number of anilines is 2. The maximum atomic E-state index is 5.50. The van der Waals surface area contributed by atoms with Gasteiger partial charge in [-0.25, -0.2) is 0 Å². The zero-order valence-electron chi connectivity index (χ0n) is 18.0. The summed E-state index contributed by atoms with van der Waals surface area (Å²) < 4.78 is 5.50. The first kappa shape index (κ1) is 20.9. The zero-order chi connectivity index (χ0) is 20.6. The lowest BCUT2D eigenvalue weighted by molar-refractivity contribution is 0.185. The minimum atomic E-state index is 0.199. The molecular formula is C26H32N2O. The van der Waals surface area contributed by atoms with Gasteiger partial charge in [0.1, 0.15) is 0 Å². The number of ether oxygens (including phenoxy) is 1. The predicted molar refractivity (Wildman–Crippen MR) is 124 cm³/mol. The van der Waals surface area contributed by atoms with Crippen LogP contribution < -0.4 is 10.6 Å². The van der Waals surface area contributed by atoms with Crippen LogP contribution in [0.3, 0.4) is 0 Å². The van der Waals surface area contributed by atoms with Crippen LogP contribution in [-0.2, 0) is 17.7 Å². The molecule has 2 N–H and O–H groups in total. The highest BCUT2D eigenvalue weighted by atomic mass is 16.5. The SMILES string of the molecule is COC[C@H](Cc1ccc(C)cc1)Nc1cc(C)ccc1NCc1ccc(C)cc1. The van der Waals surface area contributed by atoms with Crippen LogP contribution in [0.25, 0.3) is 0 Å². The van der Waals surface area contributed by atoms with Crippen LogP contribution in [0.5, 0.6) is 0 Å². The average molecular weight is 389 g/mol. The van der Waals surface area contributed by atoms with Gasteiger partial charge >= 0.3 is 0 Å². The summed E-state index contributed by atoms with van der Waals surface area (Å²) in [6, 6.07) is 24.1. The van der Waals surface area contributed by atoms with Crippen LogP contribution in [0.4, 0.5) is 11.4 Å². The highest BCUT2D eigenvalue weighted by molar-refractivity contribution is 5.70. The first-order valence-corrected chi connectivity index (χ1v) is 10.2. The molecule has 3 nitrogen and oxygen atoms in total. The molecule has 0 unspecified atom stereocenters. The third-order valence-electron chi connectivity index (χ3n) is 5.11. The summed E-state index contributed by atoms with van der Waals surface area (Å²) in [5.41, 5.74) is 8.62. The summed E-state index contributed by atoms with van der Waals surface area (Å²) in [4.78, 5) is 0. The molecule has 3 aromatic carbocycles. The van der Waals surface area contributed by atoms with Gasteiger partial charge in [-0.15, -0.1) is 0 Å². The van der Waals surface area contributed by atoms with Crippen molar-refractivity contribution in [1.29, 1.82) is 0 Å². The second-order valence-corrected chi connectivity index (χ2v) is 7.87. The Morgan fingerprint density at radius 2 is 1.31 bits per heavy atom. The number of nitrogens with one attached hydrogen (secondary N) is 2. The molecular weight excluding hydrogens is 356 g/mol. The van der Waals surface area contributed by atoms with Crippen molar-refractivity contribution in [3.8, 4) is 0 Å². The Hall–Kier alpha value is -2.78. The summed E-state index contributed by atoms with van der Waals surface area (Å²) in [6.07, 6.45) is 0.916. The van der Waals surface area contributed by atoms with E-state index < -0.39 is 0 Å². The van der Waals surface area contributed by atoms with E-state index in [1.807, 2.05) is 0 Å². The van der Waals surface area contributed by atoms with Crippen molar-refractivity contribution >= 4 is 11.4 Å². The molecule has 0 saturated carbocycles. The van der Waals surface area contributed by atoms with Gasteiger partial charge < -0.3 is 15.4 Å². The molecule has 0 heterocycles. The highest BCUT2D eigenvalue weighted by Gasteiger charge is 2.12. The zero-order valence-corrected chi connectivity index (χ0v) is 18.0. The summed E-state index contributed by atoms with van der Waals surface area (Å²) in [5, 5.41) is 7.30. The van der Waals surface area contributed by atoms with E-state index in [1.165, 1.54) is 27.8 Å². The number of hydrogen-bond donors (Lipinski definition) is 2. The molecule has 0 saturated heterocycles. The van der Waals surface area contributed by atoms with Crippen LogP contribution in [0, 0.1) is 20.8 Å². The molecule has 0 spiro atoms. The fraction of sp³-hybridized carbons (Fsp3) is 0.308. The monoisotopic (exact) mass is 388 g/mol. The molecule has 29 heavy (non-hydrogen) atoms. The molecule has 0 aromatic heterocycles. The summed E-state index contributed by atoms with van der Waals surface area (Å²) in [7, 11) is 1.76. The van der Waals surface area contributed by atoms with Crippen LogP contribution in [0.1, 0.15) is 27.8 Å². The standard InChI is InChI=1S/C26H32N2O/c1-19-5-10-22(11-6-19)16-24(18-29-4)28-26-15-21(3)9-14-25(26)27-17-23-12-7-20(2)8-13-23/h5-15,24,27-28H,16-18H2,1-4H3/t24-/m0/s1. The predicted octanol–water partition coefficient (Wildman–Crippen LogP) is 5.89. The molecule has 3 heteroatoms. The Morgan fingerprint density at radius 1 is 0.724 bits per heavy atom. The van der Waals surface area contributed by atoms with Crippen LogP contribution in [0.15, 0.2) is 66.7 Å². The Bertz CT molecular complexity index is 901. The molecule has 0 bridgehead atoms. The van der Waals surface area contributed by atoms with E-state index in [-0.39, 0.29) is 6.04 Å². The Kier molecular flexibility index (Phi) is 7.31. The van der Waals surface area contributed by atoms with E-state index in [0.29, 0.717) is 6.61 Å². The van der Waals surface area contributed by atoms with Crippen molar-refractivity contribution in [3.05, 3.63) is 94.5 Å². The van der Waals surface area contributed by atoms with Gasteiger partial charge in [-0.2, -0.15) is 0 Å². The molecule has 0 fully saturated rings. The van der Waals surface area contributed by atoms with E-state index in [9.17, 15) is 0 Å². The van der Waals surface area contributed by atoms with E-state index >= 15 is 0 Å². The van der Waals surface area contributed by atoms with Gasteiger partial charge in [-0.1, -0.05) is 65.7 Å². The summed E-state index contributed by atoms with van der Waals surface area (Å²) in [5.74, 6) is 0. The Balaban J connectivity index is 1.73.